The van der Waals surface area contributed by atoms with Crippen molar-refractivity contribution in [1.29, 1.82) is 0 Å². The Kier molecular flexibility index (Phi) is 4.15. The van der Waals surface area contributed by atoms with Crippen LogP contribution in [0.2, 0.25) is 0 Å². The Bertz CT molecular complexity index is 267. The van der Waals surface area contributed by atoms with Crippen LogP contribution in [0.4, 0.5) is 0 Å². The van der Waals surface area contributed by atoms with E-state index >= 15 is 0 Å². The van der Waals surface area contributed by atoms with Crippen molar-refractivity contribution in [2.45, 2.75) is 53.6 Å². The molecule has 0 spiro atoms. The van der Waals surface area contributed by atoms with Crippen molar-refractivity contribution >= 4 is 0 Å². The summed E-state index contributed by atoms with van der Waals surface area (Å²) >= 11 is 0. The highest BCUT2D eigenvalue weighted by Crippen LogP contribution is 2.34. The second-order valence-corrected chi connectivity index (χ2v) is 5.55. The van der Waals surface area contributed by atoms with Crippen molar-refractivity contribution in [3.63, 3.8) is 0 Å². The Morgan fingerprint density at radius 2 is 2.20 bits per heavy atom. The van der Waals surface area contributed by atoms with Gasteiger partial charge in [0.05, 0.1) is 12.7 Å². The van der Waals surface area contributed by atoms with Gasteiger partial charge in [0.1, 0.15) is 0 Å². The van der Waals surface area contributed by atoms with E-state index in [1.807, 2.05) is 0 Å². The minimum Gasteiger partial charge on any atom is -0.373 e. The van der Waals surface area contributed by atoms with E-state index in [0.717, 1.165) is 19.4 Å². The van der Waals surface area contributed by atoms with Gasteiger partial charge in [0, 0.05) is 0 Å². The van der Waals surface area contributed by atoms with Gasteiger partial charge in [-0.3, -0.25) is 0 Å². The summed E-state index contributed by atoms with van der Waals surface area (Å²) in [6.07, 6.45) is 7.07. The van der Waals surface area contributed by atoms with Crippen molar-refractivity contribution in [2.24, 2.45) is 5.41 Å². The second-order valence-electron chi connectivity index (χ2n) is 5.55. The molecule has 0 saturated carbocycles. The van der Waals surface area contributed by atoms with Gasteiger partial charge in [-0.2, -0.15) is 0 Å². The first-order valence-electron chi connectivity index (χ1n) is 5.82. The Morgan fingerprint density at radius 3 is 2.73 bits per heavy atom. The molecule has 86 valence electrons. The number of hydrogen-bond acceptors (Lipinski definition) is 1. The maximum Gasteiger partial charge on any atom is 0.0670 e. The summed E-state index contributed by atoms with van der Waals surface area (Å²) in [5.74, 6) is 0. The quantitative estimate of drug-likeness (QED) is 0.634. The molecule has 1 aliphatic heterocycles. The van der Waals surface area contributed by atoms with Gasteiger partial charge in [-0.15, -0.1) is 0 Å². The summed E-state index contributed by atoms with van der Waals surface area (Å²) in [4.78, 5) is 0. The fraction of sp³-hybridized carbons (Fsp3) is 0.714. The normalized spacial score (nSPS) is 22.2. The molecule has 1 rings (SSSR count). The Labute approximate surface area is 94.2 Å². The fourth-order valence-corrected chi connectivity index (χ4v) is 1.84. The van der Waals surface area contributed by atoms with Crippen LogP contribution in [0.5, 0.6) is 0 Å². The van der Waals surface area contributed by atoms with E-state index in [2.05, 4.69) is 46.8 Å². The standard InChI is InChI=1S/C14H24O/c1-11(2)6-8-14(4,5)13-10-12(3)7-9-15-13/h6-7,13H,8-10H2,1-5H3. The summed E-state index contributed by atoms with van der Waals surface area (Å²) in [6.45, 7) is 11.9. The summed E-state index contributed by atoms with van der Waals surface area (Å²) in [7, 11) is 0. The van der Waals surface area contributed by atoms with Crippen molar-refractivity contribution < 1.29 is 4.74 Å². The third kappa shape index (κ3) is 3.83. The van der Waals surface area contributed by atoms with Crippen LogP contribution < -0.4 is 0 Å². The first-order chi connectivity index (χ1) is 6.92. The van der Waals surface area contributed by atoms with Crippen LogP contribution in [0.25, 0.3) is 0 Å². The molecule has 1 heterocycles. The van der Waals surface area contributed by atoms with Crippen LogP contribution in [-0.2, 0) is 4.74 Å². The lowest BCUT2D eigenvalue weighted by Crippen LogP contribution is -2.34. The molecule has 0 fully saturated rings. The molecule has 1 nitrogen and oxygen atoms in total. The molecule has 0 aromatic heterocycles. The average molecular weight is 208 g/mol. The molecule has 1 heteroatoms. The van der Waals surface area contributed by atoms with Crippen molar-refractivity contribution in [1.82, 2.24) is 0 Å². The van der Waals surface area contributed by atoms with Crippen LogP contribution >= 0.6 is 0 Å². The van der Waals surface area contributed by atoms with Crippen LogP contribution in [0.15, 0.2) is 23.3 Å². The summed E-state index contributed by atoms with van der Waals surface area (Å²) < 4.78 is 5.84. The zero-order valence-electron chi connectivity index (χ0n) is 10.8. The number of rotatable bonds is 3. The average Bonchev–Trinajstić information content (AvgIpc) is 2.15. The maximum absolute atomic E-state index is 5.84. The number of allylic oxidation sites excluding steroid dienone is 2. The highest BCUT2D eigenvalue weighted by molar-refractivity contribution is 5.07. The molecular formula is C14H24O. The van der Waals surface area contributed by atoms with E-state index < -0.39 is 0 Å². The van der Waals surface area contributed by atoms with E-state index in [1.165, 1.54) is 11.1 Å². The fourth-order valence-electron chi connectivity index (χ4n) is 1.84. The topological polar surface area (TPSA) is 9.23 Å². The molecular weight excluding hydrogens is 184 g/mol. The number of hydrogen-bond donors (Lipinski definition) is 0. The van der Waals surface area contributed by atoms with Crippen molar-refractivity contribution in [3.05, 3.63) is 23.3 Å². The van der Waals surface area contributed by atoms with Crippen LogP contribution in [-0.4, -0.2) is 12.7 Å². The lowest BCUT2D eigenvalue weighted by molar-refractivity contribution is -0.0178. The molecule has 0 radical (unpaired) electrons. The third-order valence-corrected chi connectivity index (χ3v) is 3.14. The molecule has 0 aliphatic carbocycles. The zero-order chi connectivity index (χ0) is 11.5. The van der Waals surface area contributed by atoms with Crippen LogP contribution in [0.3, 0.4) is 0 Å². The highest BCUT2D eigenvalue weighted by atomic mass is 16.5. The highest BCUT2D eigenvalue weighted by Gasteiger charge is 2.30. The van der Waals surface area contributed by atoms with Gasteiger partial charge < -0.3 is 4.74 Å². The maximum atomic E-state index is 5.84. The Morgan fingerprint density at radius 1 is 1.53 bits per heavy atom. The van der Waals surface area contributed by atoms with Gasteiger partial charge in [0.2, 0.25) is 0 Å². The first-order valence-corrected chi connectivity index (χ1v) is 5.82. The zero-order valence-corrected chi connectivity index (χ0v) is 10.8. The molecule has 0 N–H and O–H groups in total. The monoisotopic (exact) mass is 208 g/mol. The van der Waals surface area contributed by atoms with Gasteiger partial charge in [-0.25, -0.2) is 0 Å². The predicted molar refractivity (Wildman–Crippen MR) is 65.9 cm³/mol. The van der Waals surface area contributed by atoms with Gasteiger partial charge in [0.15, 0.2) is 0 Å². The van der Waals surface area contributed by atoms with Gasteiger partial charge >= 0.3 is 0 Å². The smallest absolute Gasteiger partial charge is 0.0670 e. The largest absolute Gasteiger partial charge is 0.373 e. The first kappa shape index (κ1) is 12.5. The molecule has 0 bridgehead atoms. The molecule has 1 atom stereocenters. The Balaban J connectivity index is 2.61. The molecule has 0 aromatic carbocycles. The van der Waals surface area contributed by atoms with Crippen LogP contribution in [0, 0.1) is 5.41 Å². The van der Waals surface area contributed by atoms with Crippen molar-refractivity contribution in [3.8, 4) is 0 Å². The molecule has 15 heavy (non-hydrogen) atoms. The summed E-state index contributed by atoms with van der Waals surface area (Å²) in [5, 5.41) is 0. The van der Waals surface area contributed by atoms with E-state index in [9.17, 15) is 0 Å². The Hall–Kier alpha value is -0.560. The molecule has 0 aromatic rings. The van der Waals surface area contributed by atoms with Gasteiger partial charge in [0.25, 0.3) is 0 Å². The van der Waals surface area contributed by atoms with E-state index in [1.54, 1.807) is 0 Å². The van der Waals surface area contributed by atoms with Gasteiger partial charge in [-0.1, -0.05) is 37.1 Å². The van der Waals surface area contributed by atoms with E-state index in [4.69, 9.17) is 4.74 Å². The third-order valence-electron chi connectivity index (χ3n) is 3.14. The van der Waals surface area contributed by atoms with Crippen molar-refractivity contribution in [2.75, 3.05) is 6.61 Å². The SMILES string of the molecule is CC(C)=CCC(C)(C)C1CC(C)=CCO1. The molecule has 1 unspecified atom stereocenters. The molecule has 1 aliphatic rings. The van der Waals surface area contributed by atoms with E-state index in [0.29, 0.717) is 6.10 Å². The number of ether oxygens (including phenoxy) is 1. The lowest BCUT2D eigenvalue weighted by Gasteiger charge is -2.36. The summed E-state index contributed by atoms with van der Waals surface area (Å²) in [6, 6.07) is 0. The predicted octanol–water partition coefficient (Wildman–Crippen LogP) is 4.10. The second kappa shape index (κ2) is 4.98. The summed E-state index contributed by atoms with van der Waals surface area (Å²) in [5.41, 5.74) is 3.11. The molecule has 0 amide bonds. The van der Waals surface area contributed by atoms with Crippen LogP contribution in [0.1, 0.15) is 47.5 Å². The minimum atomic E-state index is 0.243. The lowest BCUT2D eigenvalue weighted by atomic mass is 9.79. The minimum absolute atomic E-state index is 0.243. The van der Waals surface area contributed by atoms with Gasteiger partial charge in [-0.05, 0) is 39.0 Å². The van der Waals surface area contributed by atoms with E-state index in [-0.39, 0.29) is 5.41 Å². The molecule has 0 saturated heterocycles.